The van der Waals surface area contributed by atoms with Crippen molar-refractivity contribution >= 4 is 5.97 Å². The molecule has 0 bridgehead atoms. The third-order valence-electron chi connectivity index (χ3n) is 5.48. The maximum atomic E-state index is 12.7. The van der Waals surface area contributed by atoms with Gasteiger partial charge in [0.2, 0.25) is 0 Å². The van der Waals surface area contributed by atoms with E-state index >= 15 is 0 Å². The van der Waals surface area contributed by atoms with E-state index in [2.05, 4.69) is 16.9 Å². The maximum absolute atomic E-state index is 12.7. The molecule has 0 heterocycles. The Morgan fingerprint density at radius 3 is 2.61 bits per heavy atom. The van der Waals surface area contributed by atoms with Crippen LogP contribution < -0.4 is 4.74 Å². The van der Waals surface area contributed by atoms with Gasteiger partial charge in [-0.3, -0.25) is 4.79 Å². The Bertz CT molecular complexity index is 743. The molecule has 1 fully saturated rings. The lowest BCUT2D eigenvalue weighted by atomic mass is 9.91. The van der Waals surface area contributed by atoms with Crippen molar-refractivity contribution < 1.29 is 32.5 Å². The number of allylic oxidation sites excluding steroid dienone is 2. The van der Waals surface area contributed by atoms with Crippen LogP contribution in [-0.2, 0) is 15.7 Å². The molecule has 4 nitrogen and oxygen atoms in total. The summed E-state index contributed by atoms with van der Waals surface area (Å²) in [4.78, 5) is 11.1. The second-order valence-corrected chi connectivity index (χ2v) is 7.75. The summed E-state index contributed by atoms with van der Waals surface area (Å²) in [5.41, 5.74) is -0.726. The Hall–Kier alpha value is -2.28. The van der Waals surface area contributed by atoms with Crippen LogP contribution in [0.25, 0.3) is 0 Å². The van der Waals surface area contributed by atoms with Gasteiger partial charge in [0.15, 0.2) is 0 Å². The van der Waals surface area contributed by atoms with Gasteiger partial charge < -0.3 is 14.6 Å². The summed E-state index contributed by atoms with van der Waals surface area (Å²) >= 11 is 0. The van der Waals surface area contributed by atoms with Crippen molar-refractivity contribution in [2.45, 2.75) is 71.1 Å². The third kappa shape index (κ3) is 10.9. The predicted octanol–water partition coefficient (Wildman–Crippen LogP) is 6.73. The summed E-state index contributed by atoms with van der Waals surface area (Å²) in [5, 5.41) is 10.3. The molecule has 3 atom stereocenters. The molecule has 0 saturated heterocycles. The van der Waals surface area contributed by atoms with Crippen LogP contribution in [0.3, 0.4) is 0 Å². The van der Waals surface area contributed by atoms with E-state index in [-0.39, 0.29) is 30.3 Å². The molecular weight excluding hydrogens is 433 g/mol. The molecule has 0 amide bonds. The summed E-state index contributed by atoms with van der Waals surface area (Å²) in [6.45, 7) is 4.27. The number of benzene rings is 1. The number of methoxy groups -OCH3 is 1. The quantitative estimate of drug-likeness (QED) is 0.221. The third-order valence-corrected chi connectivity index (χ3v) is 5.48. The molecule has 0 aromatic heterocycles. The fourth-order valence-electron chi connectivity index (χ4n) is 3.76. The Kier molecular flexibility index (Phi) is 13.5. The molecule has 1 unspecified atom stereocenters. The van der Waals surface area contributed by atoms with E-state index < -0.39 is 11.7 Å². The lowest BCUT2D eigenvalue weighted by molar-refractivity contribution is -0.140. The van der Waals surface area contributed by atoms with Gasteiger partial charge in [0, 0.05) is 12.3 Å². The first-order chi connectivity index (χ1) is 15.8. The van der Waals surface area contributed by atoms with Crippen molar-refractivity contribution in [1.29, 1.82) is 0 Å². The van der Waals surface area contributed by atoms with Crippen molar-refractivity contribution in [1.82, 2.24) is 0 Å². The first-order valence-corrected chi connectivity index (χ1v) is 11.7. The number of unbranched alkanes of at least 4 members (excludes halogenated alkanes) is 1. The second kappa shape index (κ2) is 15.5. The summed E-state index contributed by atoms with van der Waals surface area (Å²) in [7, 11) is 1.38. The molecule has 2 rings (SSSR count). The largest absolute Gasteiger partial charge is 0.493 e. The van der Waals surface area contributed by atoms with Gasteiger partial charge in [0.1, 0.15) is 5.75 Å². The average Bonchev–Trinajstić information content (AvgIpc) is 3.16. The molecule has 1 aromatic carbocycles. The van der Waals surface area contributed by atoms with E-state index in [9.17, 15) is 23.1 Å². The van der Waals surface area contributed by atoms with Crippen molar-refractivity contribution in [3.63, 3.8) is 0 Å². The maximum Gasteiger partial charge on any atom is 0.416 e. The molecule has 0 spiro atoms. The zero-order valence-corrected chi connectivity index (χ0v) is 19.8. The van der Waals surface area contributed by atoms with Gasteiger partial charge >= 0.3 is 12.1 Å². The number of esters is 1. The van der Waals surface area contributed by atoms with E-state index in [0.29, 0.717) is 18.8 Å². The van der Waals surface area contributed by atoms with Crippen LogP contribution in [-0.4, -0.2) is 30.9 Å². The number of carbonyl (C=O) groups is 1. The van der Waals surface area contributed by atoms with Crippen LogP contribution in [0.4, 0.5) is 13.2 Å². The Labute approximate surface area is 195 Å². The standard InChI is InChI=1S/C24H31F3O4.C2H6/c1-30-23(29)13-5-3-2-4-9-18-14-15-22(28)21(18)12-6-7-16-31-20-11-8-10-19(17-20)24(25,26)27;1-2/h2,4,6,8,10-12,17-18,21-22,28H,3,5,7,9,13-16H2,1H3;1-2H3/b4-2-,12-6+;/t18-,21?,22+;/m0./s1. The summed E-state index contributed by atoms with van der Waals surface area (Å²) in [5.74, 6) is 0.412. The molecule has 1 aliphatic rings. The molecule has 1 saturated carbocycles. The van der Waals surface area contributed by atoms with Crippen LogP contribution in [0.2, 0.25) is 0 Å². The molecule has 1 N–H and O–H groups in total. The lowest BCUT2D eigenvalue weighted by Crippen LogP contribution is -2.16. The number of halogens is 3. The number of aliphatic hydroxyl groups excluding tert-OH is 1. The fourth-order valence-corrected chi connectivity index (χ4v) is 3.76. The van der Waals surface area contributed by atoms with E-state index in [4.69, 9.17) is 4.74 Å². The minimum atomic E-state index is -4.39. The SMILES string of the molecule is CC.COC(=O)CCC/C=C\C[C@H]1CC[C@@H](O)C1/C=C/CCOc1cccc(C(F)(F)F)c1. The van der Waals surface area contributed by atoms with Crippen molar-refractivity contribution in [2.24, 2.45) is 11.8 Å². The minimum absolute atomic E-state index is 0.0632. The van der Waals surface area contributed by atoms with Gasteiger partial charge in [-0.25, -0.2) is 0 Å². The number of alkyl halides is 3. The molecular formula is C26H37F3O4. The first-order valence-electron chi connectivity index (χ1n) is 11.7. The van der Waals surface area contributed by atoms with Gasteiger partial charge in [-0.05, 0) is 62.6 Å². The number of carbonyl (C=O) groups excluding carboxylic acids is 1. The fraction of sp³-hybridized carbons (Fsp3) is 0.577. The molecule has 7 heteroatoms. The van der Waals surface area contributed by atoms with Crippen LogP contribution in [0.15, 0.2) is 48.6 Å². The number of hydrogen-bond donors (Lipinski definition) is 1. The van der Waals surface area contributed by atoms with Gasteiger partial charge in [0.05, 0.1) is 25.4 Å². The van der Waals surface area contributed by atoms with E-state index in [0.717, 1.165) is 44.2 Å². The predicted molar refractivity (Wildman–Crippen MR) is 124 cm³/mol. The van der Waals surface area contributed by atoms with Crippen LogP contribution in [0.1, 0.15) is 64.4 Å². The minimum Gasteiger partial charge on any atom is -0.493 e. The summed E-state index contributed by atoms with van der Waals surface area (Å²) < 4.78 is 48.3. The van der Waals surface area contributed by atoms with Crippen molar-refractivity contribution in [2.75, 3.05) is 13.7 Å². The van der Waals surface area contributed by atoms with Crippen molar-refractivity contribution in [3.05, 3.63) is 54.1 Å². The number of aliphatic hydroxyl groups is 1. The smallest absolute Gasteiger partial charge is 0.416 e. The highest BCUT2D eigenvalue weighted by Gasteiger charge is 2.32. The van der Waals surface area contributed by atoms with Crippen LogP contribution in [0, 0.1) is 11.8 Å². The van der Waals surface area contributed by atoms with Gasteiger partial charge in [-0.2, -0.15) is 13.2 Å². The topological polar surface area (TPSA) is 55.8 Å². The Morgan fingerprint density at radius 1 is 1.15 bits per heavy atom. The van der Waals surface area contributed by atoms with E-state index in [1.54, 1.807) is 0 Å². The number of ether oxygens (including phenoxy) is 2. The summed E-state index contributed by atoms with van der Waals surface area (Å²) in [6.07, 6.45) is 8.46. The molecule has 0 radical (unpaired) electrons. The van der Waals surface area contributed by atoms with Gasteiger partial charge in [-0.1, -0.05) is 44.2 Å². The number of rotatable bonds is 11. The zero-order valence-electron chi connectivity index (χ0n) is 19.8. The Balaban J connectivity index is 0.00000265. The molecule has 1 aliphatic carbocycles. The first kappa shape index (κ1) is 28.8. The highest BCUT2D eigenvalue weighted by atomic mass is 19.4. The monoisotopic (exact) mass is 470 g/mol. The normalized spacial score (nSPS) is 20.6. The average molecular weight is 471 g/mol. The van der Waals surface area contributed by atoms with Gasteiger partial charge in [0.25, 0.3) is 0 Å². The highest BCUT2D eigenvalue weighted by molar-refractivity contribution is 5.69. The van der Waals surface area contributed by atoms with E-state index in [1.807, 2.05) is 26.0 Å². The van der Waals surface area contributed by atoms with Crippen LogP contribution >= 0.6 is 0 Å². The molecule has 186 valence electrons. The molecule has 0 aliphatic heterocycles. The summed E-state index contributed by atoms with van der Waals surface area (Å²) in [6, 6.07) is 4.85. The van der Waals surface area contributed by atoms with Crippen LogP contribution in [0.5, 0.6) is 5.75 Å². The van der Waals surface area contributed by atoms with E-state index in [1.165, 1.54) is 19.2 Å². The molecule has 1 aromatic rings. The zero-order chi connectivity index (χ0) is 24.7. The lowest BCUT2D eigenvalue weighted by Gasteiger charge is -2.17. The van der Waals surface area contributed by atoms with Crippen molar-refractivity contribution in [3.8, 4) is 5.75 Å². The Morgan fingerprint density at radius 2 is 1.91 bits per heavy atom. The molecule has 33 heavy (non-hydrogen) atoms. The van der Waals surface area contributed by atoms with Gasteiger partial charge in [-0.15, -0.1) is 0 Å². The second-order valence-electron chi connectivity index (χ2n) is 7.75. The highest BCUT2D eigenvalue weighted by Crippen LogP contribution is 2.36. The number of hydrogen-bond acceptors (Lipinski definition) is 4.